The predicted molar refractivity (Wildman–Crippen MR) is 83.5 cm³/mol. The monoisotopic (exact) mass is 456 g/mol. The van der Waals surface area contributed by atoms with Gasteiger partial charge in [0.25, 0.3) is 0 Å². The molecule has 0 spiro atoms. The molecule has 0 amide bonds. The van der Waals surface area contributed by atoms with E-state index in [9.17, 15) is 48.3 Å². The number of halogens is 11. The van der Waals surface area contributed by atoms with E-state index in [1.807, 2.05) is 0 Å². The first-order chi connectivity index (χ1) is 14.0. The number of hydrogen-bond acceptors (Lipinski definition) is 0. The van der Waals surface area contributed by atoms with E-state index < -0.39 is 91.4 Å². The van der Waals surface area contributed by atoms with Gasteiger partial charge in [-0.2, -0.15) is 0 Å². The van der Waals surface area contributed by atoms with Crippen molar-refractivity contribution in [2.75, 3.05) is 0 Å². The Balaban J connectivity index is 2.52. The molecule has 0 nitrogen and oxygen atoms in total. The van der Waals surface area contributed by atoms with Crippen LogP contribution in [0.2, 0.25) is 0 Å². The van der Waals surface area contributed by atoms with Crippen LogP contribution in [0.5, 0.6) is 0 Å². The van der Waals surface area contributed by atoms with Crippen LogP contribution in [0.4, 0.5) is 48.3 Å². The van der Waals surface area contributed by atoms with E-state index >= 15 is 0 Å². The van der Waals surface area contributed by atoms with E-state index in [2.05, 4.69) is 0 Å². The van der Waals surface area contributed by atoms with Gasteiger partial charge in [-0.05, 0) is 14.9 Å². The second-order valence-electron chi connectivity index (χ2n) is 5.99. The molecule has 0 bridgehead atoms. The van der Waals surface area contributed by atoms with Crippen molar-refractivity contribution in [2.24, 2.45) is 0 Å². The first-order valence-electron chi connectivity index (χ1n) is 7.75. The summed E-state index contributed by atoms with van der Waals surface area (Å²) in [5.41, 5.74) is 0. The molecule has 156 valence electrons. The van der Waals surface area contributed by atoms with E-state index in [1.165, 1.54) is 0 Å². The molecule has 12 heteroatoms. The molecular formula is C18H4AlF11. The summed E-state index contributed by atoms with van der Waals surface area (Å²) in [6.45, 7) is 0. The summed E-state index contributed by atoms with van der Waals surface area (Å²) in [6.07, 6.45) is 0. The Hall–Kier alpha value is -2.58. The fourth-order valence-corrected chi connectivity index (χ4v) is 6.04. The molecule has 0 saturated carbocycles. The van der Waals surface area contributed by atoms with Gasteiger partial charge in [0.1, 0.15) is 23.3 Å². The van der Waals surface area contributed by atoms with Crippen molar-refractivity contribution in [3.63, 3.8) is 0 Å². The molecule has 30 heavy (non-hydrogen) atoms. The van der Waals surface area contributed by atoms with Gasteiger partial charge in [-0.1, -0.05) is 4.43 Å². The van der Waals surface area contributed by atoms with Gasteiger partial charge in [0.2, 0.25) is 0 Å². The van der Waals surface area contributed by atoms with Crippen LogP contribution in [0.25, 0.3) is 0 Å². The molecule has 0 fully saturated rings. The topological polar surface area (TPSA) is 0 Å². The predicted octanol–water partition coefficient (Wildman–Crippen LogP) is 3.73. The third-order valence-corrected chi connectivity index (χ3v) is 7.46. The van der Waals surface area contributed by atoms with Gasteiger partial charge in [0.15, 0.2) is 40.7 Å². The number of benzene rings is 3. The van der Waals surface area contributed by atoms with Gasteiger partial charge >= 0.3 is 14.1 Å². The molecular weight excluding hydrogens is 452 g/mol. The molecule has 0 aromatic heterocycles. The molecule has 0 aliphatic carbocycles. The fourth-order valence-electron chi connectivity index (χ4n) is 2.93. The lowest BCUT2D eigenvalue weighted by Gasteiger charge is -2.19. The average Bonchev–Trinajstić information content (AvgIpc) is 2.66. The van der Waals surface area contributed by atoms with Crippen molar-refractivity contribution in [3.8, 4) is 0 Å². The molecule has 0 radical (unpaired) electrons. The normalized spacial score (nSPS) is 11.2. The Bertz CT molecular complexity index is 1110. The van der Waals surface area contributed by atoms with Crippen LogP contribution in [0.15, 0.2) is 24.3 Å². The maximum Gasteiger partial charge on any atom is 0.407 e. The third-order valence-electron chi connectivity index (χ3n) is 4.21. The molecule has 0 heterocycles. The van der Waals surface area contributed by atoms with Crippen LogP contribution in [-0.2, 0) is 0 Å². The molecule has 0 saturated heterocycles. The average molecular weight is 456 g/mol. The second-order valence-corrected chi connectivity index (χ2v) is 8.63. The van der Waals surface area contributed by atoms with Gasteiger partial charge in [-0.15, -0.1) is 0 Å². The molecule has 3 aromatic carbocycles. The van der Waals surface area contributed by atoms with Gasteiger partial charge in [-0.3, -0.25) is 0 Å². The number of hydrogen-bond donors (Lipinski definition) is 0. The number of rotatable bonds is 3. The van der Waals surface area contributed by atoms with Gasteiger partial charge in [0, 0.05) is 18.2 Å². The lowest BCUT2D eigenvalue weighted by Crippen LogP contribution is -2.58. The minimum Gasteiger partial charge on any atom is -0.208 e. The molecule has 0 aliphatic heterocycles. The van der Waals surface area contributed by atoms with Gasteiger partial charge in [-0.25, -0.2) is 48.3 Å². The Morgan fingerprint density at radius 1 is 0.400 bits per heavy atom. The van der Waals surface area contributed by atoms with Crippen LogP contribution in [-0.4, -0.2) is 14.1 Å². The fraction of sp³-hybridized carbons (Fsp3) is 0. The van der Waals surface area contributed by atoms with Crippen molar-refractivity contribution in [3.05, 3.63) is 88.3 Å². The third kappa shape index (κ3) is 3.54. The summed E-state index contributed by atoms with van der Waals surface area (Å²) in [5.74, 6) is -23.1. The zero-order chi connectivity index (χ0) is 22.5. The van der Waals surface area contributed by atoms with Gasteiger partial charge < -0.3 is 0 Å². The Labute approximate surface area is 164 Å². The first kappa shape index (κ1) is 22.1. The maximum atomic E-state index is 14.4. The van der Waals surface area contributed by atoms with Crippen molar-refractivity contribution in [1.29, 1.82) is 0 Å². The molecule has 3 aromatic rings. The van der Waals surface area contributed by atoms with Crippen molar-refractivity contribution >= 4 is 27.4 Å². The Morgan fingerprint density at radius 2 is 0.800 bits per heavy atom. The summed E-state index contributed by atoms with van der Waals surface area (Å²) in [5, 5.41) is 0. The van der Waals surface area contributed by atoms with Crippen LogP contribution in [0.3, 0.4) is 0 Å². The van der Waals surface area contributed by atoms with E-state index in [0.717, 1.165) is 0 Å². The lowest BCUT2D eigenvalue weighted by molar-refractivity contribution is 0.438. The standard InChI is InChI=1S/2C6HF4.C6H2F3.Al/c2*7-3-1-4(8)6(10)5(9)2-3;7-4-1-2-5(8)6(9)3-4;/h2*1H;1,3H;. The van der Waals surface area contributed by atoms with E-state index in [4.69, 9.17) is 0 Å². The highest BCUT2D eigenvalue weighted by Gasteiger charge is 2.41. The van der Waals surface area contributed by atoms with Crippen LogP contribution in [0.1, 0.15) is 0 Å². The van der Waals surface area contributed by atoms with Gasteiger partial charge in [0.05, 0.1) is 0 Å². The Morgan fingerprint density at radius 3 is 1.23 bits per heavy atom. The minimum absolute atomic E-state index is 0.0137. The molecule has 0 atom stereocenters. The minimum atomic E-state index is -4.83. The molecule has 0 N–H and O–H groups in total. The molecule has 0 aliphatic rings. The second kappa shape index (κ2) is 7.92. The highest BCUT2D eigenvalue weighted by molar-refractivity contribution is 6.95. The van der Waals surface area contributed by atoms with E-state index in [-0.39, 0.29) is 24.3 Å². The quantitative estimate of drug-likeness (QED) is 0.244. The summed E-state index contributed by atoms with van der Waals surface area (Å²) in [4.78, 5) is 0. The lowest BCUT2D eigenvalue weighted by atomic mass is 10.3. The Kier molecular flexibility index (Phi) is 5.84. The summed E-state index contributed by atoms with van der Waals surface area (Å²) in [7, 11) is 0. The van der Waals surface area contributed by atoms with Crippen LogP contribution < -0.4 is 13.3 Å². The van der Waals surface area contributed by atoms with E-state index in [1.54, 1.807) is 0 Å². The van der Waals surface area contributed by atoms with Crippen molar-refractivity contribution in [2.45, 2.75) is 0 Å². The summed E-state index contributed by atoms with van der Waals surface area (Å²) >= 11 is -4.83. The highest BCUT2D eigenvalue weighted by Crippen LogP contribution is 2.18. The summed E-state index contributed by atoms with van der Waals surface area (Å²) in [6, 6.07) is -0.413. The van der Waals surface area contributed by atoms with Crippen molar-refractivity contribution in [1.82, 2.24) is 0 Å². The maximum absolute atomic E-state index is 14.4. The molecule has 3 rings (SSSR count). The zero-order valence-electron chi connectivity index (χ0n) is 14.0. The van der Waals surface area contributed by atoms with Crippen LogP contribution >= 0.6 is 0 Å². The SMILES string of the molecule is Fc1cc(F)c(F)[c]([Al]([c]2c(F)cc(F)c(F)c2F)[c]2c(F)cc(F)c(F)c2F)c1. The summed E-state index contributed by atoms with van der Waals surface area (Å²) < 4.78 is 148. The van der Waals surface area contributed by atoms with Crippen LogP contribution in [0, 0.1) is 64.0 Å². The largest absolute Gasteiger partial charge is 0.407 e. The molecule has 0 unspecified atom stereocenters. The first-order valence-corrected chi connectivity index (χ1v) is 9.49. The zero-order valence-corrected chi connectivity index (χ0v) is 15.2. The smallest absolute Gasteiger partial charge is 0.208 e. The van der Waals surface area contributed by atoms with E-state index in [0.29, 0.717) is 0 Å². The highest BCUT2D eigenvalue weighted by atomic mass is 27.2. The van der Waals surface area contributed by atoms with Crippen molar-refractivity contribution < 1.29 is 48.3 Å².